The van der Waals surface area contributed by atoms with Gasteiger partial charge in [0.1, 0.15) is 21.4 Å². The fourth-order valence-corrected chi connectivity index (χ4v) is 5.47. The zero-order valence-electron chi connectivity index (χ0n) is 20.9. The molecule has 1 heterocycles. The van der Waals surface area contributed by atoms with Crippen molar-refractivity contribution in [3.63, 3.8) is 0 Å². The van der Waals surface area contributed by atoms with Crippen molar-refractivity contribution < 1.29 is 19.1 Å². The van der Waals surface area contributed by atoms with Crippen LogP contribution in [0.5, 0.6) is 11.5 Å². The Balaban J connectivity index is 1.67. The van der Waals surface area contributed by atoms with Crippen LogP contribution >= 0.6 is 22.9 Å². The number of rotatable bonds is 10. The average molecular weight is 540 g/mol. The molecule has 4 N–H and O–H groups in total. The summed E-state index contributed by atoms with van der Waals surface area (Å²) in [6.45, 7) is 0.488. The molecule has 1 aliphatic carbocycles. The SMILES string of the molecule is COc1ccc(OC)c(Nc2sc(C(=O)c3ccc(Cl)cc3)c(N)c2C(=O)NCCC2=CCCCC2)c1. The van der Waals surface area contributed by atoms with E-state index in [0.29, 0.717) is 39.3 Å². The van der Waals surface area contributed by atoms with Crippen LogP contribution in [0.2, 0.25) is 5.02 Å². The topological polar surface area (TPSA) is 103 Å². The maximum absolute atomic E-state index is 13.4. The van der Waals surface area contributed by atoms with Crippen molar-refractivity contribution in [1.82, 2.24) is 5.32 Å². The first-order valence-electron chi connectivity index (χ1n) is 12.1. The van der Waals surface area contributed by atoms with Crippen LogP contribution in [0.15, 0.2) is 54.1 Å². The Morgan fingerprint density at radius 2 is 1.86 bits per heavy atom. The van der Waals surface area contributed by atoms with Crippen LogP contribution in [0.4, 0.5) is 16.4 Å². The number of hydrogen-bond donors (Lipinski definition) is 3. The van der Waals surface area contributed by atoms with Gasteiger partial charge >= 0.3 is 0 Å². The third kappa shape index (κ3) is 6.26. The van der Waals surface area contributed by atoms with Crippen LogP contribution in [0.3, 0.4) is 0 Å². The summed E-state index contributed by atoms with van der Waals surface area (Å²) in [6, 6.07) is 11.9. The Labute approximate surface area is 225 Å². The molecule has 0 spiro atoms. The van der Waals surface area contributed by atoms with Crippen molar-refractivity contribution in [3.8, 4) is 11.5 Å². The maximum Gasteiger partial charge on any atom is 0.256 e. The van der Waals surface area contributed by atoms with E-state index in [-0.39, 0.29) is 27.8 Å². The van der Waals surface area contributed by atoms with Crippen molar-refractivity contribution in [2.24, 2.45) is 0 Å². The van der Waals surface area contributed by atoms with E-state index in [0.717, 1.165) is 30.6 Å². The van der Waals surface area contributed by atoms with E-state index in [1.807, 2.05) is 0 Å². The largest absolute Gasteiger partial charge is 0.497 e. The van der Waals surface area contributed by atoms with E-state index in [1.54, 1.807) is 56.7 Å². The highest BCUT2D eigenvalue weighted by molar-refractivity contribution is 7.19. The summed E-state index contributed by atoms with van der Waals surface area (Å²) < 4.78 is 10.8. The molecule has 1 amide bonds. The summed E-state index contributed by atoms with van der Waals surface area (Å²) in [7, 11) is 3.12. The Hall–Kier alpha value is -3.49. The van der Waals surface area contributed by atoms with Gasteiger partial charge < -0.3 is 25.8 Å². The number of halogens is 1. The quantitative estimate of drug-likeness (QED) is 0.198. The molecule has 1 aliphatic rings. The van der Waals surface area contributed by atoms with Gasteiger partial charge in [-0.25, -0.2) is 0 Å². The summed E-state index contributed by atoms with van der Waals surface area (Å²) in [5.74, 6) is 0.530. The molecule has 194 valence electrons. The van der Waals surface area contributed by atoms with Gasteiger partial charge in [-0.15, -0.1) is 11.3 Å². The summed E-state index contributed by atoms with van der Waals surface area (Å²) in [4.78, 5) is 27.0. The lowest BCUT2D eigenvalue weighted by atomic mass is 9.97. The minimum Gasteiger partial charge on any atom is -0.497 e. The fourth-order valence-electron chi connectivity index (χ4n) is 4.25. The zero-order chi connectivity index (χ0) is 26.4. The van der Waals surface area contributed by atoms with E-state index in [9.17, 15) is 9.59 Å². The van der Waals surface area contributed by atoms with Gasteiger partial charge in [-0.05, 0) is 68.5 Å². The number of hydrogen-bond acceptors (Lipinski definition) is 7. The summed E-state index contributed by atoms with van der Waals surface area (Å²) in [6.07, 6.45) is 7.61. The number of nitrogen functional groups attached to an aromatic ring is 1. The molecule has 0 bridgehead atoms. The van der Waals surface area contributed by atoms with Crippen LogP contribution < -0.4 is 25.8 Å². The number of ketones is 1. The molecule has 0 atom stereocenters. The molecule has 3 aromatic rings. The number of nitrogens with one attached hydrogen (secondary N) is 2. The van der Waals surface area contributed by atoms with E-state index in [1.165, 1.54) is 18.4 Å². The molecular weight excluding hydrogens is 510 g/mol. The van der Waals surface area contributed by atoms with Gasteiger partial charge in [0.2, 0.25) is 5.78 Å². The van der Waals surface area contributed by atoms with Crippen molar-refractivity contribution in [2.45, 2.75) is 32.1 Å². The van der Waals surface area contributed by atoms with Gasteiger partial charge in [-0.2, -0.15) is 0 Å². The number of ether oxygens (including phenoxy) is 2. The number of carbonyl (C=O) groups is 2. The Morgan fingerprint density at radius 3 is 2.54 bits per heavy atom. The summed E-state index contributed by atoms with van der Waals surface area (Å²) in [5.41, 5.74) is 9.19. The molecule has 1 aromatic heterocycles. The number of benzene rings is 2. The van der Waals surface area contributed by atoms with Gasteiger partial charge in [-0.1, -0.05) is 23.3 Å². The predicted octanol–water partition coefficient (Wildman–Crippen LogP) is 6.60. The summed E-state index contributed by atoms with van der Waals surface area (Å²) >= 11 is 7.11. The van der Waals surface area contributed by atoms with Gasteiger partial charge in [0.05, 0.1) is 31.2 Å². The van der Waals surface area contributed by atoms with Gasteiger partial charge in [0.25, 0.3) is 5.91 Å². The second-order valence-corrected chi connectivity index (χ2v) is 10.1. The number of thiophene rings is 1. The molecular formula is C28H30ClN3O4S. The van der Waals surface area contributed by atoms with Crippen LogP contribution in [0, 0.1) is 0 Å². The molecule has 0 fully saturated rings. The average Bonchev–Trinajstić information content (AvgIpc) is 3.24. The van der Waals surface area contributed by atoms with Crippen molar-refractivity contribution in [1.29, 1.82) is 0 Å². The molecule has 0 aliphatic heterocycles. The lowest BCUT2D eigenvalue weighted by Gasteiger charge is -2.14. The second kappa shape index (κ2) is 12.2. The molecule has 7 nitrogen and oxygen atoms in total. The number of nitrogens with two attached hydrogens (primary N) is 1. The summed E-state index contributed by atoms with van der Waals surface area (Å²) in [5, 5.41) is 7.20. The van der Waals surface area contributed by atoms with Crippen LogP contribution in [-0.4, -0.2) is 32.5 Å². The van der Waals surface area contributed by atoms with Crippen molar-refractivity contribution >= 4 is 51.0 Å². The first-order valence-corrected chi connectivity index (χ1v) is 13.3. The van der Waals surface area contributed by atoms with Crippen LogP contribution in [0.1, 0.15) is 57.7 Å². The maximum atomic E-state index is 13.4. The van der Waals surface area contributed by atoms with E-state index < -0.39 is 0 Å². The number of amides is 1. The highest BCUT2D eigenvalue weighted by Gasteiger charge is 2.27. The minimum atomic E-state index is -0.343. The molecule has 2 aromatic carbocycles. The zero-order valence-corrected chi connectivity index (χ0v) is 22.4. The first kappa shape index (κ1) is 26.6. The van der Waals surface area contributed by atoms with Crippen molar-refractivity contribution in [3.05, 3.63) is 75.1 Å². The fraction of sp³-hybridized carbons (Fsp3) is 0.286. The monoisotopic (exact) mass is 539 g/mol. The molecule has 0 saturated heterocycles. The standard InChI is InChI=1S/C28H30ClN3O4S/c1-35-20-12-13-22(36-2)21(16-20)32-28-23(27(34)31-15-14-17-6-4-3-5-7-17)24(30)26(37-28)25(33)18-8-10-19(29)11-9-18/h6,8-13,16,32H,3-5,7,14-15,30H2,1-2H3,(H,31,34). The smallest absolute Gasteiger partial charge is 0.256 e. The number of allylic oxidation sites excluding steroid dienone is 1. The van der Waals surface area contributed by atoms with Gasteiger partial charge in [0, 0.05) is 23.2 Å². The van der Waals surface area contributed by atoms with Crippen molar-refractivity contribution in [2.75, 3.05) is 31.8 Å². The van der Waals surface area contributed by atoms with Gasteiger partial charge in [0.15, 0.2) is 0 Å². The van der Waals surface area contributed by atoms with E-state index in [4.69, 9.17) is 26.8 Å². The van der Waals surface area contributed by atoms with Crippen LogP contribution in [0.25, 0.3) is 0 Å². The lowest BCUT2D eigenvalue weighted by molar-refractivity contribution is 0.0956. The normalized spacial score (nSPS) is 13.0. The molecule has 4 rings (SSSR count). The van der Waals surface area contributed by atoms with E-state index >= 15 is 0 Å². The Bertz CT molecular complexity index is 1320. The molecule has 9 heteroatoms. The highest BCUT2D eigenvalue weighted by Crippen LogP contribution is 2.41. The van der Waals surface area contributed by atoms with E-state index in [2.05, 4.69) is 16.7 Å². The molecule has 0 radical (unpaired) electrons. The second-order valence-electron chi connectivity index (χ2n) is 8.69. The van der Waals surface area contributed by atoms with Crippen LogP contribution in [-0.2, 0) is 0 Å². The van der Waals surface area contributed by atoms with Gasteiger partial charge in [-0.3, -0.25) is 9.59 Å². The Morgan fingerprint density at radius 1 is 1.08 bits per heavy atom. The predicted molar refractivity (Wildman–Crippen MR) is 150 cm³/mol. The lowest BCUT2D eigenvalue weighted by Crippen LogP contribution is -2.26. The molecule has 37 heavy (non-hydrogen) atoms. The number of anilines is 3. The first-order chi connectivity index (χ1) is 17.9. The number of carbonyl (C=O) groups excluding carboxylic acids is 2. The molecule has 0 unspecified atom stereocenters. The Kier molecular flexibility index (Phi) is 8.74. The highest BCUT2D eigenvalue weighted by atomic mass is 35.5. The molecule has 0 saturated carbocycles. The number of methoxy groups -OCH3 is 2. The third-order valence-electron chi connectivity index (χ3n) is 6.26. The minimum absolute atomic E-state index is 0.128. The third-order valence-corrected chi connectivity index (χ3v) is 7.63.